The monoisotopic (exact) mass is 526 g/mol. The van der Waals surface area contributed by atoms with Crippen molar-refractivity contribution >= 4 is 52.6 Å². The highest BCUT2D eigenvalue weighted by atomic mass is 35.5. The minimum atomic E-state index is -0.499. The second kappa shape index (κ2) is 9.90. The van der Waals surface area contributed by atoms with E-state index in [4.69, 9.17) is 39.8 Å². The zero-order valence-corrected chi connectivity index (χ0v) is 20.8. The van der Waals surface area contributed by atoms with E-state index in [-0.39, 0.29) is 18.5 Å². The van der Waals surface area contributed by atoms with Gasteiger partial charge in [-0.1, -0.05) is 71.2 Å². The summed E-state index contributed by atoms with van der Waals surface area (Å²) in [5.41, 5.74) is 2.43. The first kappa shape index (κ1) is 23.7. The largest absolute Gasteiger partial charge is 0.353 e. The predicted octanol–water partition coefficient (Wildman–Crippen LogP) is 5.74. The summed E-state index contributed by atoms with van der Waals surface area (Å²) in [6, 6.07) is 20.8. The summed E-state index contributed by atoms with van der Waals surface area (Å²) in [5.74, 6) is 0.284. The van der Waals surface area contributed by atoms with Crippen LogP contribution in [0.25, 0.3) is 0 Å². The van der Waals surface area contributed by atoms with Gasteiger partial charge in [0.15, 0.2) is 0 Å². The number of benzene rings is 3. The van der Waals surface area contributed by atoms with E-state index < -0.39 is 12.1 Å². The third-order valence-corrected chi connectivity index (χ3v) is 6.79. The molecule has 35 heavy (non-hydrogen) atoms. The van der Waals surface area contributed by atoms with E-state index in [1.54, 1.807) is 40.1 Å². The maximum Gasteiger partial charge on any atom is 0.326 e. The van der Waals surface area contributed by atoms with Gasteiger partial charge in [0, 0.05) is 33.7 Å². The normalized spacial score (nSPS) is 20.0. The van der Waals surface area contributed by atoms with Crippen LogP contribution in [0.1, 0.15) is 28.8 Å². The molecule has 6 nitrogen and oxygen atoms in total. The first-order valence-corrected chi connectivity index (χ1v) is 12.2. The lowest BCUT2D eigenvalue weighted by molar-refractivity contribution is -0.123. The lowest BCUT2D eigenvalue weighted by atomic mass is 9.93. The number of hydrogen-bond acceptors (Lipinski definition) is 3. The molecule has 1 fully saturated rings. The number of nitrogens with one attached hydrogen (secondary N) is 1. The molecule has 2 heterocycles. The Balaban J connectivity index is 1.67. The molecule has 2 atom stereocenters. The van der Waals surface area contributed by atoms with Crippen LogP contribution in [0.2, 0.25) is 15.1 Å². The zero-order valence-electron chi connectivity index (χ0n) is 18.5. The fourth-order valence-corrected chi connectivity index (χ4v) is 5.00. The topological polar surface area (TPSA) is 65.0 Å². The van der Waals surface area contributed by atoms with Crippen molar-refractivity contribution in [2.45, 2.75) is 12.1 Å². The van der Waals surface area contributed by atoms with Gasteiger partial charge in [0.25, 0.3) is 0 Å². The van der Waals surface area contributed by atoms with Crippen molar-refractivity contribution in [3.05, 3.63) is 105 Å². The predicted molar refractivity (Wildman–Crippen MR) is 138 cm³/mol. The summed E-state index contributed by atoms with van der Waals surface area (Å²) in [5, 5.41) is 4.46. The van der Waals surface area contributed by atoms with Gasteiger partial charge in [-0.3, -0.25) is 14.7 Å². The second-order valence-corrected chi connectivity index (χ2v) is 9.69. The second-order valence-electron chi connectivity index (χ2n) is 8.38. The quantitative estimate of drug-likeness (QED) is 0.472. The van der Waals surface area contributed by atoms with Crippen molar-refractivity contribution in [2.24, 2.45) is 4.99 Å². The van der Waals surface area contributed by atoms with Crippen molar-refractivity contribution in [3.63, 3.8) is 0 Å². The molecular weight excluding hydrogens is 507 g/mol. The smallest absolute Gasteiger partial charge is 0.326 e. The molecule has 9 heteroatoms. The van der Waals surface area contributed by atoms with Crippen molar-refractivity contribution < 1.29 is 9.59 Å². The molecule has 0 aromatic heterocycles. The molecule has 1 N–H and O–H groups in total. The van der Waals surface area contributed by atoms with Crippen LogP contribution in [0.15, 0.2) is 77.8 Å². The summed E-state index contributed by atoms with van der Waals surface area (Å²) in [7, 11) is 0. The van der Waals surface area contributed by atoms with Crippen LogP contribution < -0.4 is 5.32 Å². The first-order chi connectivity index (χ1) is 16.9. The Morgan fingerprint density at radius 1 is 0.886 bits per heavy atom. The average Bonchev–Trinajstić information content (AvgIpc) is 3.25. The standard InChI is InChI=1S/C26H21Cl3N4O2/c27-19-9-7-16(8-10-19)23-24(17-3-1-5-20(28)13-17)33(26(35)32-12-11-30-22(34)15-32)25(31-23)18-4-2-6-21(29)14-18/h1-10,13-14,23-24H,11-12,15H2,(H,30,34). The van der Waals surface area contributed by atoms with Crippen LogP contribution in [-0.2, 0) is 4.79 Å². The molecule has 0 spiro atoms. The van der Waals surface area contributed by atoms with Gasteiger partial charge in [-0.05, 0) is 47.5 Å². The molecule has 0 saturated carbocycles. The number of carbonyl (C=O) groups excluding carboxylic acids is 2. The molecule has 2 aliphatic heterocycles. The zero-order chi connectivity index (χ0) is 24.5. The molecule has 3 amide bonds. The fraction of sp³-hybridized carbons (Fsp3) is 0.192. The Bertz CT molecular complexity index is 1310. The van der Waals surface area contributed by atoms with E-state index in [0.717, 1.165) is 11.1 Å². The Morgan fingerprint density at radius 2 is 1.60 bits per heavy atom. The number of amidine groups is 1. The molecule has 0 aliphatic carbocycles. The number of hydrogen-bond donors (Lipinski definition) is 1. The van der Waals surface area contributed by atoms with Gasteiger partial charge in [-0.25, -0.2) is 4.79 Å². The van der Waals surface area contributed by atoms with E-state index in [2.05, 4.69) is 5.32 Å². The van der Waals surface area contributed by atoms with Crippen LogP contribution in [0.3, 0.4) is 0 Å². The highest BCUT2D eigenvalue weighted by Gasteiger charge is 2.44. The molecule has 0 radical (unpaired) electrons. The summed E-state index contributed by atoms with van der Waals surface area (Å²) >= 11 is 18.8. The molecule has 5 rings (SSSR count). The minimum Gasteiger partial charge on any atom is -0.353 e. The van der Waals surface area contributed by atoms with Gasteiger partial charge in [-0.2, -0.15) is 0 Å². The lowest BCUT2D eigenvalue weighted by Crippen LogP contribution is -2.55. The third kappa shape index (κ3) is 4.87. The highest BCUT2D eigenvalue weighted by Crippen LogP contribution is 2.44. The number of aliphatic imine (C=N–C) groups is 1. The Labute approximate surface area is 218 Å². The number of rotatable bonds is 3. The highest BCUT2D eigenvalue weighted by molar-refractivity contribution is 6.31. The maximum atomic E-state index is 14.0. The van der Waals surface area contributed by atoms with Gasteiger partial charge >= 0.3 is 6.03 Å². The lowest BCUT2D eigenvalue weighted by Gasteiger charge is -2.35. The number of piperazine rings is 1. The van der Waals surface area contributed by atoms with Crippen molar-refractivity contribution in [1.82, 2.24) is 15.1 Å². The van der Waals surface area contributed by atoms with Crippen molar-refractivity contribution in [1.29, 1.82) is 0 Å². The Kier molecular flexibility index (Phi) is 6.69. The molecule has 2 unspecified atom stereocenters. The minimum absolute atomic E-state index is 0.0218. The third-order valence-electron chi connectivity index (χ3n) is 6.07. The Morgan fingerprint density at radius 3 is 2.29 bits per heavy atom. The van der Waals surface area contributed by atoms with E-state index >= 15 is 0 Å². The van der Waals surface area contributed by atoms with Gasteiger partial charge in [0.05, 0.1) is 6.04 Å². The van der Waals surface area contributed by atoms with E-state index in [1.807, 2.05) is 42.5 Å². The van der Waals surface area contributed by atoms with Crippen LogP contribution in [0, 0.1) is 0 Å². The van der Waals surface area contributed by atoms with Gasteiger partial charge in [-0.15, -0.1) is 0 Å². The number of halogens is 3. The summed E-state index contributed by atoms with van der Waals surface area (Å²) in [6.45, 7) is 0.772. The molecule has 3 aromatic carbocycles. The van der Waals surface area contributed by atoms with Crippen LogP contribution in [-0.4, -0.2) is 47.2 Å². The van der Waals surface area contributed by atoms with Crippen molar-refractivity contribution in [3.8, 4) is 0 Å². The Hall–Kier alpha value is -3.06. The van der Waals surface area contributed by atoms with E-state index in [1.165, 1.54) is 0 Å². The molecular formula is C26H21Cl3N4O2. The summed E-state index contributed by atoms with van der Waals surface area (Å²) in [6.07, 6.45) is 0. The SMILES string of the molecule is O=C1CN(C(=O)N2C(c3cccc(Cl)c3)=NC(c3ccc(Cl)cc3)C2c2cccc(Cl)c2)CCN1. The summed E-state index contributed by atoms with van der Waals surface area (Å²) < 4.78 is 0. The number of urea groups is 1. The number of amides is 3. The molecule has 2 aliphatic rings. The summed E-state index contributed by atoms with van der Waals surface area (Å²) in [4.78, 5) is 34.4. The average molecular weight is 528 g/mol. The molecule has 1 saturated heterocycles. The molecule has 0 bridgehead atoms. The number of carbonyl (C=O) groups is 2. The number of nitrogens with zero attached hydrogens (tertiary/aromatic N) is 3. The van der Waals surface area contributed by atoms with Crippen LogP contribution in [0.4, 0.5) is 4.79 Å². The van der Waals surface area contributed by atoms with Crippen molar-refractivity contribution in [2.75, 3.05) is 19.6 Å². The van der Waals surface area contributed by atoms with E-state index in [9.17, 15) is 9.59 Å². The fourth-order valence-electron chi connectivity index (χ4n) is 4.48. The maximum absolute atomic E-state index is 14.0. The van der Waals surface area contributed by atoms with E-state index in [0.29, 0.717) is 39.6 Å². The van der Waals surface area contributed by atoms with Gasteiger partial charge in [0.1, 0.15) is 18.4 Å². The van der Waals surface area contributed by atoms with Gasteiger partial charge in [0.2, 0.25) is 5.91 Å². The molecule has 178 valence electrons. The van der Waals surface area contributed by atoms with Crippen LogP contribution >= 0.6 is 34.8 Å². The first-order valence-electron chi connectivity index (χ1n) is 11.1. The van der Waals surface area contributed by atoms with Gasteiger partial charge < -0.3 is 10.2 Å². The molecule has 3 aromatic rings. The van der Waals surface area contributed by atoms with Crippen LogP contribution in [0.5, 0.6) is 0 Å².